The van der Waals surface area contributed by atoms with Gasteiger partial charge < -0.3 is 24.3 Å². The first kappa shape index (κ1) is 13.0. The number of methoxy groups -OCH3 is 2. The lowest BCUT2D eigenvalue weighted by Gasteiger charge is -2.20. The maximum absolute atomic E-state index is 12.0. The average molecular weight is 291 g/mol. The number of amides is 1. The van der Waals surface area contributed by atoms with E-state index in [1.807, 2.05) is 0 Å². The quantitative estimate of drug-likeness (QED) is 0.733. The Hall–Kier alpha value is -0.690. The van der Waals surface area contributed by atoms with Crippen molar-refractivity contribution in [1.29, 1.82) is 0 Å². The van der Waals surface area contributed by atoms with Crippen molar-refractivity contribution in [2.75, 3.05) is 40.5 Å². The predicted octanol–water partition coefficient (Wildman–Crippen LogP) is 0.348. The minimum Gasteiger partial charge on any atom is -0.382 e. The second kappa shape index (κ2) is 7.93. The van der Waals surface area contributed by atoms with Crippen LogP contribution in [0.15, 0.2) is 0 Å². The summed E-state index contributed by atoms with van der Waals surface area (Å²) in [5, 5.41) is 2.87. The molecule has 1 N–H and O–H groups in total. The Labute approximate surface area is 122 Å². The molecule has 2 rings (SSSR count). The first-order valence-electron chi connectivity index (χ1n) is 8.12. The van der Waals surface area contributed by atoms with Gasteiger partial charge in [-0.3, -0.25) is 4.79 Å². The zero-order valence-corrected chi connectivity index (χ0v) is 12.0. The van der Waals surface area contributed by atoms with Crippen LogP contribution in [0.3, 0.4) is 0 Å². The van der Waals surface area contributed by atoms with Crippen LogP contribution < -0.4 is 5.32 Å². The molecule has 0 spiro atoms. The van der Waals surface area contributed by atoms with E-state index in [4.69, 9.17) is 21.7 Å². The fourth-order valence-corrected chi connectivity index (χ4v) is 2.56. The number of nitrogens with one attached hydrogen (secondary N) is 1. The van der Waals surface area contributed by atoms with Crippen molar-refractivity contribution in [3.63, 3.8) is 0 Å². The van der Waals surface area contributed by atoms with Gasteiger partial charge in [0.05, 0.1) is 34.1 Å². The summed E-state index contributed by atoms with van der Waals surface area (Å²) >= 11 is 0. The molecule has 2 saturated heterocycles. The highest BCUT2D eigenvalue weighted by atomic mass is 16.5. The van der Waals surface area contributed by atoms with Gasteiger partial charge in [0, 0.05) is 39.8 Å². The van der Waals surface area contributed by atoms with Crippen molar-refractivity contribution in [2.45, 2.75) is 37.6 Å². The van der Waals surface area contributed by atoms with E-state index in [2.05, 4.69) is 5.32 Å². The Morgan fingerprint density at radius 3 is 2.80 bits per heavy atom. The van der Waals surface area contributed by atoms with E-state index in [0.717, 1.165) is 0 Å². The maximum Gasteiger partial charge on any atom is 0.222 e. The van der Waals surface area contributed by atoms with Gasteiger partial charge in [0.25, 0.3) is 0 Å². The molecule has 0 aromatic heterocycles. The number of rotatable bonds is 7. The Bertz CT molecular complexity index is 373. The maximum atomic E-state index is 12.0. The molecule has 6 nitrogen and oxygen atoms in total. The van der Waals surface area contributed by atoms with Gasteiger partial charge in [-0.05, 0) is 12.8 Å². The summed E-state index contributed by atoms with van der Waals surface area (Å²) in [7, 11) is 3.16. The molecule has 0 unspecified atom stereocenters. The van der Waals surface area contributed by atoms with Gasteiger partial charge in [0.1, 0.15) is 0 Å². The molecule has 0 aliphatic carbocycles. The van der Waals surface area contributed by atoms with Crippen LogP contribution in [-0.2, 0) is 23.7 Å². The molecule has 2 heterocycles. The second-order valence-corrected chi connectivity index (χ2v) is 5.15. The summed E-state index contributed by atoms with van der Waals surface area (Å²) in [6.07, 6.45) is 0.527. The Kier molecular flexibility index (Phi) is 5.15. The first-order chi connectivity index (χ1) is 10.5. The molecule has 116 valence electrons. The molecule has 6 atom stereocenters. The van der Waals surface area contributed by atoms with Gasteiger partial charge in [0.2, 0.25) is 5.91 Å². The minimum absolute atomic E-state index is 0.0815. The van der Waals surface area contributed by atoms with E-state index in [1.165, 1.54) is 0 Å². The standard InChI is InChI=1S/C14H25NO5/c1-17-9-13-10(3-5-20-13)8-15-14(16)7-12-11(18-2)4-6-19-12/h10-13H,3-9H2,1-2H3,(H,15,16)/t10-,11+,12-,13-/m1/s1/i5T,6T/t5-,6-,10+,11-,12+,13+/m0. The highest BCUT2D eigenvalue weighted by Crippen LogP contribution is 2.21. The van der Waals surface area contributed by atoms with Crippen LogP contribution in [0.4, 0.5) is 0 Å². The third kappa shape index (κ3) is 4.15. The van der Waals surface area contributed by atoms with Gasteiger partial charge in [-0.25, -0.2) is 0 Å². The van der Waals surface area contributed by atoms with E-state index < -0.39 is 13.2 Å². The van der Waals surface area contributed by atoms with Crippen molar-refractivity contribution >= 4 is 5.91 Å². The summed E-state index contributed by atoms with van der Waals surface area (Å²) in [5.74, 6) is -0.0520. The van der Waals surface area contributed by atoms with Crippen molar-refractivity contribution in [3.05, 3.63) is 0 Å². The molecule has 6 heteroatoms. The molecular formula is C14H25NO5. The third-order valence-corrected chi connectivity index (χ3v) is 3.79. The highest BCUT2D eigenvalue weighted by Gasteiger charge is 2.31. The lowest BCUT2D eigenvalue weighted by Crippen LogP contribution is -2.37. The largest absolute Gasteiger partial charge is 0.382 e. The van der Waals surface area contributed by atoms with Crippen LogP contribution >= 0.6 is 0 Å². The summed E-state index contributed by atoms with van der Waals surface area (Å²) in [4.78, 5) is 12.0. The van der Waals surface area contributed by atoms with E-state index in [1.54, 1.807) is 14.2 Å². The van der Waals surface area contributed by atoms with Crippen LogP contribution in [0.2, 0.25) is 0 Å². The van der Waals surface area contributed by atoms with Gasteiger partial charge in [-0.15, -0.1) is 0 Å². The molecule has 0 bridgehead atoms. The Morgan fingerprint density at radius 1 is 1.30 bits per heavy atom. The van der Waals surface area contributed by atoms with Crippen LogP contribution in [0, 0.1) is 5.92 Å². The van der Waals surface area contributed by atoms with E-state index in [9.17, 15) is 4.79 Å². The zero-order valence-electron chi connectivity index (χ0n) is 14.0. The van der Waals surface area contributed by atoms with Crippen molar-refractivity contribution < 1.29 is 26.5 Å². The SMILES string of the molecule is [3H][C@H]1C[C@H](CNC(=O)C[C@H]2O[C@@H]([3H])C[C@@H]2OC)[C@@H](COC)O1. The molecular weight excluding hydrogens is 262 g/mol. The van der Waals surface area contributed by atoms with Crippen LogP contribution in [0.5, 0.6) is 0 Å². The smallest absolute Gasteiger partial charge is 0.222 e. The predicted molar refractivity (Wildman–Crippen MR) is 72.5 cm³/mol. The van der Waals surface area contributed by atoms with Crippen LogP contribution in [0.1, 0.15) is 22.0 Å². The first-order valence-corrected chi connectivity index (χ1v) is 6.97. The lowest BCUT2D eigenvalue weighted by molar-refractivity contribution is -0.125. The summed E-state index contributed by atoms with van der Waals surface area (Å²) < 4.78 is 36.4. The number of carbonyl (C=O) groups is 1. The normalized spacial score (nSPS) is 42.3. The van der Waals surface area contributed by atoms with Crippen molar-refractivity contribution in [3.8, 4) is 0 Å². The molecule has 1 amide bonds. The number of hydrogen-bond donors (Lipinski definition) is 1. The molecule has 20 heavy (non-hydrogen) atoms. The van der Waals surface area contributed by atoms with Gasteiger partial charge in [0.15, 0.2) is 0 Å². The minimum atomic E-state index is -0.624. The number of hydrogen-bond acceptors (Lipinski definition) is 5. The second-order valence-electron chi connectivity index (χ2n) is 5.15. The third-order valence-electron chi connectivity index (χ3n) is 3.79. The lowest BCUT2D eigenvalue weighted by atomic mass is 10.0. The highest BCUT2D eigenvalue weighted by molar-refractivity contribution is 5.76. The average Bonchev–Trinajstić information content (AvgIpc) is 2.99. The zero-order chi connectivity index (χ0) is 16.1. The van der Waals surface area contributed by atoms with Crippen molar-refractivity contribution in [2.24, 2.45) is 5.92 Å². The fourth-order valence-electron chi connectivity index (χ4n) is 2.56. The Morgan fingerprint density at radius 2 is 2.05 bits per heavy atom. The number of carbonyl (C=O) groups excluding carboxylic acids is 1. The summed E-state index contributed by atoms with van der Waals surface area (Å²) in [6, 6.07) is 0. The monoisotopic (exact) mass is 291 g/mol. The summed E-state index contributed by atoms with van der Waals surface area (Å²) in [5.41, 5.74) is 0. The topological polar surface area (TPSA) is 66.0 Å². The molecule has 0 saturated carbocycles. The molecule has 2 fully saturated rings. The van der Waals surface area contributed by atoms with E-state index in [-0.39, 0.29) is 36.6 Å². The molecule has 2 aliphatic rings. The van der Waals surface area contributed by atoms with E-state index >= 15 is 0 Å². The Balaban J connectivity index is 1.75. The fraction of sp³-hybridized carbons (Fsp3) is 0.929. The number of ether oxygens (including phenoxy) is 4. The van der Waals surface area contributed by atoms with Crippen LogP contribution in [0.25, 0.3) is 0 Å². The molecule has 0 radical (unpaired) electrons. The van der Waals surface area contributed by atoms with Gasteiger partial charge >= 0.3 is 0 Å². The molecule has 0 aromatic rings. The molecule has 2 aliphatic heterocycles. The van der Waals surface area contributed by atoms with Gasteiger partial charge in [-0.1, -0.05) is 0 Å². The molecule has 0 aromatic carbocycles. The van der Waals surface area contributed by atoms with Gasteiger partial charge in [-0.2, -0.15) is 0 Å². The van der Waals surface area contributed by atoms with Crippen molar-refractivity contribution in [1.82, 2.24) is 5.32 Å². The van der Waals surface area contributed by atoms with Crippen LogP contribution in [-0.4, -0.2) is 64.8 Å². The summed E-state index contributed by atoms with van der Waals surface area (Å²) in [6.45, 7) is -0.298. The van der Waals surface area contributed by atoms with E-state index in [0.29, 0.717) is 26.0 Å².